The van der Waals surface area contributed by atoms with Crippen molar-refractivity contribution in [2.24, 2.45) is 11.7 Å². The molecule has 2 aromatic heterocycles. The van der Waals surface area contributed by atoms with Crippen molar-refractivity contribution in [1.82, 2.24) is 9.47 Å². The molecule has 2 aliphatic heterocycles. The fourth-order valence-electron chi connectivity index (χ4n) is 6.76. The maximum Gasteiger partial charge on any atom is 0.254 e. The van der Waals surface area contributed by atoms with E-state index in [2.05, 4.69) is 40.7 Å². The Kier molecular flexibility index (Phi) is 6.78. The van der Waals surface area contributed by atoms with Crippen molar-refractivity contribution in [1.29, 1.82) is 0 Å². The normalized spacial score (nSPS) is 22.2. The van der Waals surface area contributed by atoms with Crippen LogP contribution in [0.3, 0.4) is 0 Å². The Morgan fingerprint density at radius 1 is 1.07 bits per heavy atom. The van der Waals surface area contributed by atoms with Crippen LogP contribution in [0.25, 0.3) is 33.3 Å². The summed E-state index contributed by atoms with van der Waals surface area (Å²) in [6, 6.07) is 14.3. The molecule has 7 rings (SSSR count). The summed E-state index contributed by atoms with van der Waals surface area (Å²) in [5.74, 6) is 1.33. The fourth-order valence-corrected chi connectivity index (χ4v) is 6.76. The molecule has 0 bridgehead atoms. The number of fused-ring (bicyclic) bond motifs is 2. The van der Waals surface area contributed by atoms with Gasteiger partial charge in [-0.3, -0.25) is 4.79 Å². The zero-order valence-electron chi connectivity index (χ0n) is 23.9. The van der Waals surface area contributed by atoms with E-state index in [1.165, 1.54) is 34.3 Å². The molecule has 2 saturated heterocycles. The van der Waals surface area contributed by atoms with Crippen LogP contribution >= 0.6 is 0 Å². The largest absolute Gasteiger partial charge is 0.454 e. The topological polar surface area (TPSA) is 76.9 Å². The highest BCUT2D eigenvalue weighted by molar-refractivity contribution is 5.99. The Bertz CT molecular complexity index is 1590. The minimum absolute atomic E-state index is 0.0840. The first kappa shape index (κ1) is 26.5. The van der Waals surface area contributed by atoms with Crippen molar-refractivity contribution in [3.8, 4) is 11.5 Å². The molecule has 216 valence electrons. The number of piperidine rings is 2. The smallest absolute Gasteiger partial charge is 0.254 e. The third kappa shape index (κ3) is 5.01. The molecule has 0 spiro atoms. The van der Waals surface area contributed by atoms with Crippen LogP contribution in [0.1, 0.15) is 48.0 Å². The summed E-state index contributed by atoms with van der Waals surface area (Å²) in [6.45, 7) is 5.50. The molecule has 2 aromatic carbocycles. The number of nitrogens with zero attached hydrogens (tertiary/aromatic N) is 3. The lowest BCUT2D eigenvalue weighted by molar-refractivity contribution is 0.0607. The van der Waals surface area contributed by atoms with Crippen molar-refractivity contribution in [3.63, 3.8) is 0 Å². The average molecular weight is 559 g/mol. The van der Waals surface area contributed by atoms with Crippen molar-refractivity contribution in [2.75, 3.05) is 38.2 Å². The van der Waals surface area contributed by atoms with E-state index in [1.54, 1.807) is 6.07 Å². The van der Waals surface area contributed by atoms with E-state index in [0.717, 1.165) is 54.9 Å². The number of nitrogens with two attached hydrogens (primary N) is 1. The number of likely N-dealkylation sites (tertiary alicyclic amines) is 1. The standard InChI is InChI=1S/C33H39FN4O3/c1-20-28-8-6-23(33(39)37-18-24(34)15-25(35)19-37)14-31(28)41-32(20)30-13-22-5-7-26(36-11-9-27(40-2)10-12-36)16-29(22)38(30)17-21-3-4-21/h5-8,13-14,16,21,24-25,27H,3-4,9-12,15,17-19,35H2,1-2H3/t24-,25-/m1/s1. The number of carbonyl (C=O) groups is 1. The number of halogens is 1. The van der Waals surface area contributed by atoms with E-state index >= 15 is 0 Å². The summed E-state index contributed by atoms with van der Waals surface area (Å²) in [6.07, 6.45) is 4.17. The number of hydrogen-bond acceptors (Lipinski definition) is 5. The molecule has 2 N–H and O–H groups in total. The fraction of sp³-hybridized carbons (Fsp3) is 0.485. The third-order valence-corrected chi connectivity index (χ3v) is 9.30. The van der Waals surface area contributed by atoms with E-state index in [4.69, 9.17) is 14.9 Å². The minimum atomic E-state index is -1.09. The Morgan fingerprint density at radius 2 is 1.88 bits per heavy atom. The molecule has 4 heterocycles. The summed E-state index contributed by atoms with van der Waals surface area (Å²) in [4.78, 5) is 17.2. The highest BCUT2D eigenvalue weighted by Gasteiger charge is 2.30. The van der Waals surface area contributed by atoms with Gasteiger partial charge in [0.15, 0.2) is 5.76 Å². The number of furan rings is 1. The number of amides is 1. The number of methoxy groups -OCH3 is 1. The average Bonchev–Trinajstić information content (AvgIpc) is 3.65. The molecule has 0 radical (unpaired) electrons. The second-order valence-electron chi connectivity index (χ2n) is 12.3. The first-order chi connectivity index (χ1) is 19.9. The minimum Gasteiger partial charge on any atom is -0.454 e. The predicted molar refractivity (Wildman–Crippen MR) is 160 cm³/mol. The second kappa shape index (κ2) is 10.5. The zero-order chi connectivity index (χ0) is 28.2. The molecule has 7 nitrogen and oxygen atoms in total. The molecule has 1 saturated carbocycles. The van der Waals surface area contributed by atoms with Crippen LogP contribution in [0, 0.1) is 12.8 Å². The molecule has 41 heavy (non-hydrogen) atoms. The molecular formula is C33H39FN4O3. The number of ether oxygens (including phenoxy) is 1. The lowest BCUT2D eigenvalue weighted by Crippen LogP contribution is -2.50. The van der Waals surface area contributed by atoms with Gasteiger partial charge in [0.1, 0.15) is 11.8 Å². The van der Waals surface area contributed by atoms with E-state index in [9.17, 15) is 9.18 Å². The molecular weight excluding hydrogens is 519 g/mol. The first-order valence-electron chi connectivity index (χ1n) is 15.0. The van der Waals surface area contributed by atoms with Gasteiger partial charge in [0, 0.05) is 66.9 Å². The second-order valence-corrected chi connectivity index (χ2v) is 12.3. The van der Waals surface area contributed by atoms with Crippen molar-refractivity contribution >= 4 is 33.5 Å². The number of aromatic nitrogens is 1. The monoisotopic (exact) mass is 558 g/mol. The predicted octanol–water partition coefficient (Wildman–Crippen LogP) is 5.90. The molecule has 4 aromatic rings. The molecule has 1 amide bonds. The van der Waals surface area contributed by atoms with Gasteiger partial charge in [-0.15, -0.1) is 0 Å². The van der Waals surface area contributed by atoms with Crippen LogP contribution in [-0.2, 0) is 11.3 Å². The Morgan fingerprint density at radius 3 is 2.61 bits per heavy atom. The summed E-state index contributed by atoms with van der Waals surface area (Å²) in [5.41, 5.74) is 11.8. The van der Waals surface area contributed by atoms with E-state index < -0.39 is 6.17 Å². The number of benzene rings is 2. The van der Waals surface area contributed by atoms with Crippen LogP contribution in [0.2, 0.25) is 0 Å². The summed E-state index contributed by atoms with van der Waals surface area (Å²) >= 11 is 0. The lowest BCUT2D eigenvalue weighted by atomic mass is 10.0. The van der Waals surface area contributed by atoms with Crippen LogP contribution in [0.4, 0.5) is 10.1 Å². The number of aryl methyl sites for hydroxylation is 1. The highest BCUT2D eigenvalue weighted by Crippen LogP contribution is 2.40. The zero-order valence-corrected chi connectivity index (χ0v) is 23.9. The maximum absolute atomic E-state index is 14.1. The van der Waals surface area contributed by atoms with Crippen molar-refractivity contribution in [2.45, 2.75) is 63.9 Å². The Hall–Kier alpha value is -3.36. The molecule has 1 aliphatic carbocycles. The molecule has 0 unspecified atom stereocenters. The molecule has 8 heteroatoms. The number of alkyl halides is 1. The van der Waals surface area contributed by atoms with Crippen LogP contribution in [0.15, 0.2) is 46.9 Å². The van der Waals surface area contributed by atoms with E-state index in [1.807, 2.05) is 19.2 Å². The highest BCUT2D eigenvalue weighted by atomic mass is 19.1. The third-order valence-electron chi connectivity index (χ3n) is 9.30. The van der Waals surface area contributed by atoms with Gasteiger partial charge in [-0.05, 0) is 75.3 Å². The van der Waals surface area contributed by atoms with Gasteiger partial charge in [0.05, 0.1) is 23.9 Å². The summed E-state index contributed by atoms with van der Waals surface area (Å²) in [5, 5.41) is 2.19. The maximum atomic E-state index is 14.1. The van der Waals surface area contributed by atoms with E-state index in [0.29, 0.717) is 36.1 Å². The van der Waals surface area contributed by atoms with Gasteiger partial charge < -0.3 is 29.3 Å². The summed E-state index contributed by atoms with van der Waals surface area (Å²) in [7, 11) is 1.81. The molecule has 2 atom stereocenters. The van der Waals surface area contributed by atoms with Gasteiger partial charge in [0.2, 0.25) is 0 Å². The van der Waals surface area contributed by atoms with Gasteiger partial charge in [0.25, 0.3) is 5.91 Å². The van der Waals surface area contributed by atoms with Gasteiger partial charge in [-0.2, -0.15) is 0 Å². The van der Waals surface area contributed by atoms with Gasteiger partial charge in [-0.25, -0.2) is 4.39 Å². The van der Waals surface area contributed by atoms with Crippen molar-refractivity contribution < 1.29 is 18.3 Å². The quantitative estimate of drug-likeness (QED) is 0.319. The Labute approximate surface area is 240 Å². The van der Waals surface area contributed by atoms with E-state index in [-0.39, 0.29) is 18.5 Å². The molecule has 3 fully saturated rings. The van der Waals surface area contributed by atoms with Crippen LogP contribution < -0.4 is 10.6 Å². The number of rotatable bonds is 6. The number of anilines is 1. The molecule has 3 aliphatic rings. The lowest BCUT2D eigenvalue weighted by Gasteiger charge is -2.33. The SMILES string of the molecule is COC1CCN(c2ccc3cc(-c4oc5cc(C(=O)N6C[C@H](N)C[C@@H](F)C6)ccc5c4C)n(CC4CC4)c3c2)CC1. The van der Waals surface area contributed by atoms with Crippen molar-refractivity contribution in [3.05, 3.63) is 53.6 Å². The number of carbonyl (C=O) groups excluding carboxylic acids is 1. The van der Waals surface area contributed by atoms with Crippen LogP contribution in [0.5, 0.6) is 0 Å². The van der Waals surface area contributed by atoms with Crippen LogP contribution in [-0.4, -0.2) is 67.0 Å². The first-order valence-corrected chi connectivity index (χ1v) is 15.0. The number of hydrogen-bond donors (Lipinski definition) is 1. The van der Waals surface area contributed by atoms with Gasteiger partial charge in [-0.1, -0.05) is 12.1 Å². The van der Waals surface area contributed by atoms with Gasteiger partial charge >= 0.3 is 0 Å². The summed E-state index contributed by atoms with van der Waals surface area (Å²) < 4.78 is 28.7. The Balaban J connectivity index is 1.24.